The van der Waals surface area contributed by atoms with Gasteiger partial charge in [0, 0.05) is 16.6 Å². The number of anilines is 1. The molecule has 4 nitrogen and oxygen atoms in total. The van der Waals surface area contributed by atoms with E-state index in [0.717, 1.165) is 16.3 Å². The maximum Gasteiger partial charge on any atom is 0.251 e. The molecule has 2 aromatic rings. The maximum atomic E-state index is 12.1. The van der Waals surface area contributed by atoms with Crippen LogP contribution in [0.25, 0.3) is 0 Å². The summed E-state index contributed by atoms with van der Waals surface area (Å²) in [5.74, 6) is 0.294. The van der Waals surface area contributed by atoms with Gasteiger partial charge in [-0.15, -0.1) is 11.3 Å². The number of aromatic nitrogens is 1. The van der Waals surface area contributed by atoms with Crippen molar-refractivity contribution in [3.63, 3.8) is 0 Å². The molecule has 0 aliphatic carbocycles. The van der Waals surface area contributed by atoms with Gasteiger partial charge in [0.05, 0.1) is 12.2 Å². The number of nitrogens with zero attached hydrogens (tertiary/aromatic N) is 1. The molecule has 1 aromatic carbocycles. The molecule has 3 N–H and O–H groups in total. The number of rotatable bonds is 4. The Hall–Kier alpha value is -1.88. The van der Waals surface area contributed by atoms with Crippen molar-refractivity contribution in [3.8, 4) is 0 Å². The van der Waals surface area contributed by atoms with Gasteiger partial charge in [0.25, 0.3) is 5.91 Å². The molecule has 20 heavy (non-hydrogen) atoms. The van der Waals surface area contributed by atoms with Crippen molar-refractivity contribution in [1.82, 2.24) is 10.3 Å². The van der Waals surface area contributed by atoms with E-state index in [-0.39, 0.29) is 5.91 Å². The van der Waals surface area contributed by atoms with Crippen LogP contribution in [0.3, 0.4) is 0 Å². The second-order valence-electron chi connectivity index (χ2n) is 5.08. The number of nitrogen functional groups attached to an aromatic ring is 1. The van der Waals surface area contributed by atoms with Gasteiger partial charge in [-0.05, 0) is 30.5 Å². The van der Waals surface area contributed by atoms with E-state index in [0.29, 0.717) is 23.7 Å². The molecule has 0 bridgehead atoms. The van der Waals surface area contributed by atoms with Crippen LogP contribution in [0, 0.1) is 6.92 Å². The second kappa shape index (κ2) is 6.05. The van der Waals surface area contributed by atoms with E-state index in [1.807, 2.05) is 18.4 Å². The van der Waals surface area contributed by atoms with Crippen LogP contribution < -0.4 is 11.1 Å². The van der Waals surface area contributed by atoms with Crippen LogP contribution in [0.4, 0.5) is 5.69 Å². The molecule has 0 aliphatic heterocycles. The first kappa shape index (κ1) is 14.5. The van der Waals surface area contributed by atoms with Crippen LogP contribution in [0.2, 0.25) is 0 Å². The molecule has 0 saturated heterocycles. The molecule has 0 spiro atoms. The molecule has 106 valence electrons. The zero-order valence-electron chi connectivity index (χ0n) is 11.9. The van der Waals surface area contributed by atoms with Gasteiger partial charge in [-0.3, -0.25) is 4.79 Å². The van der Waals surface area contributed by atoms with Crippen LogP contribution in [0.1, 0.15) is 46.4 Å². The van der Waals surface area contributed by atoms with Crippen LogP contribution in [0.15, 0.2) is 23.6 Å². The van der Waals surface area contributed by atoms with Gasteiger partial charge in [-0.25, -0.2) is 4.98 Å². The van der Waals surface area contributed by atoms with E-state index < -0.39 is 0 Å². The number of carbonyl (C=O) groups is 1. The summed E-state index contributed by atoms with van der Waals surface area (Å²) in [7, 11) is 0. The van der Waals surface area contributed by atoms with Gasteiger partial charge >= 0.3 is 0 Å². The summed E-state index contributed by atoms with van der Waals surface area (Å²) in [5, 5.41) is 5.85. The number of thiazole rings is 1. The molecular formula is C15H19N3OS. The highest BCUT2D eigenvalue weighted by molar-refractivity contribution is 7.09. The largest absolute Gasteiger partial charge is 0.399 e. The Morgan fingerprint density at radius 2 is 2.20 bits per heavy atom. The summed E-state index contributed by atoms with van der Waals surface area (Å²) in [6, 6.07) is 5.35. The first-order chi connectivity index (χ1) is 9.47. The number of amides is 1. The minimum Gasteiger partial charge on any atom is -0.399 e. The Morgan fingerprint density at radius 1 is 1.45 bits per heavy atom. The average molecular weight is 289 g/mol. The highest BCUT2D eigenvalue weighted by Crippen LogP contribution is 2.18. The number of carbonyl (C=O) groups excluding carboxylic acids is 1. The number of hydrogen-bond acceptors (Lipinski definition) is 4. The number of nitrogens with one attached hydrogen (secondary N) is 1. The Balaban J connectivity index is 2.02. The Labute approximate surface area is 123 Å². The minimum atomic E-state index is -0.115. The molecule has 0 unspecified atom stereocenters. The standard InChI is InChI=1S/C15H19N3OS/c1-9(2)13-8-20-14(18-13)7-17-15(19)12-6-11(16)5-4-10(12)3/h4-6,8-9H,7,16H2,1-3H3,(H,17,19). The second-order valence-corrected chi connectivity index (χ2v) is 6.02. The van der Waals surface area contributed by atoms with Gasteiger partial charge in [0.1, 0.15) is 5.01 Å². The quantitative estimate of drug-likeness (QED) is 0.850. The normalized spacial score (nSPS) is 10.8. The van der Waals surface area contributed by atoms with E-state index in [1.54, 1.807) is 23.5 Å². The predicted molar refractivity (Wildman–Crippen MR) is 83.0 cm³/mol. The lowest BCUT2D eigenvalue weighted by atomic mass is 10.1. The van der Waals surface area contributed by atoms with Crippen molar-refractivity contribution < 1.29 is 4.79 Å². The Bertz CT molecular complexity index is 619. The molecule has 2 rings (SSSR count). The third-order valence-corrected chi connectivity index (χ3v) is 3.93. The molecule has 0 saturated carbocycles. The zero-order valence-corrected chi connectivity index (χ0v) is 12.8. The fourth-order valence-electron chi connectivity index (χ4n) is 1.81. The lowest BCUT2D eigenvalue weighted by Crippen LogP contribution is -2.23. The summed E-state index contributed by atoms with van der Waals surface area (Å²) >= 11 is 1.57. The fourth-order valence-corrected chi connectivity index (χ4v) is 2.70. The van der Waals surface area contributed by atoms with Crippen molar-refractivity contribution in [3.05, 3.63) is 45.4 Å². The first-order valence-corrected chi connectivity index (χ1v) is 7.44. The average Bonchev–Trinajstić information content (AvgIpc) is 2.88. The van der Waals surface area contributed by atoms with Crippen molar-refractivity contribution in [1.29, 1.82) is 0 Å². The zero-order chi connectivity index (χ0) is 14.7. The van der Waals surface area contributed by atoms with Crippen LogP contribution in [-0.2, 0) is 6.54 Å². The molecule has 0 radical (unpaired) electrons. The van der Waals surface area contributed by atoms with E-state index in [1.165, 1.54) is 0 Å². The van der Waals surface area contributed by atoms with E-state index in [4.69, 9.17) is 5.73 Å². The highest BCUT2D eigenvalue weighted by Gasteiger charge is 2.11. The van der Waals surface area contributed by atoms with Gasteiger partial charge < -0.3 is 11.1 Å². The molecule has 5 heteroatoms. The van der Waals surface area contributed by atoms with Gasteiger partial charge in [0.15, 0.2) is 0 Å². The van der Waals surface area contributed by atoms with E-state index >= 15 is 0 Å². The molecular weight excluding hydrogens is 270 g/mol. The van der Waals surface area contributed by atoms with E-state index in [9.17, 15) is 4.79 Å². The summed E-state index contributed by atoms with van der Waals surface area (Å²) in [6.45, 7) is 6.56. The van der Waals surface area contributed by atoms with Crippen molar-refractivity contribution in [2.24, 2.45) is 0 Å². The van der Waals surface area contributed by atoms with Gasteiger partial charge in [-0.2, -0.15) is 0 Å². The van der Waals surface area contributed by atoms with Crippen LogP contribution in [0.5, 0.6) is 0 Å². The molecule has 1 amide bonds. The molecule has 0 aliphatic rings. The monoisotopic (exact) mass is 289 g/mol. The first-order valence-electron chi connectivity index (χ1n) is 6.56. The summed E-state index contributed by atoms with van der Waals surface area (Å²) in [4.78, 5) is 16.6. The molecule has 1 aromatic heterocycles. The lowest BCUT2D eigenvalue weighted by Gasteiger charge is -2.07. The number of nitrogens with two attached hydrogens (primary N) is 1. The van der Waals surface area contributed by atoms with Crippen molar-refractivity contribution in [2.75, 3.05) is 5.73 Å². The highest BCUT2D eigenvalue weighted by atomic mass is 32.1. The third-order valence-electron chi connectivity index (χ3n) is 3.07. The number of benzene rings is 1. The number of aryl methyl sites for hydroxylation is 1. The smallest absolute Gasteiger partial charge is 0.251 e. The molecule has 0 atom stereocenters. The summed E-state index contributed by atoms with van der Waals surface area (Å²) in [5.41, 5.74) is 8.91. The van der Waals surface area contributed by atoms with Gasteiger partial charge in [0.2, 0.25) is 0 Å². The predicted octanol–water partition coefficient (Wildman–Crippen LogP) is 3.09. The van der Waals surface area contributed by atoms with Crippen molar-refractivity contribution >= 4 is 22.9 Å². The van der Waals surface area contributed by atoms with Crippen molar-refractivity contribution in [2.45, 2.75) is 33.2 Å². The van der Waals surface area contributed by atoms with E-state index in [2.05, 4.69) is 24.1 Å². The summed E-state index contributed by atoms with van der Waals surface area (Å²) < 4.78 is 0. The van der Waals surface area contributed by atoms with Crippen LogP contribution >= 0.6 is 11.3 Å². The SMILES string of the molecule is Cc1ccc(N)cc1C(=O)NCc1nc(C(C)C)cs1. The fraction of sp³-hybridized carbons (Fsp3) is 0.333. The minimum absolute atomic E-state index is 0.115. The lowest BCUT2D eigenvalue weighted by molar-refractivity contribution is 0.0950. The number of hydrogen-bond donors (Lipinski definition) is 2. The topological polar surface area (TPSA) is 68.0 Å². The third kappa shape index (κ3) is 3.36. The Morgan fingerprint density at radius 3 is 2.85 bits per heavy atom. The Kier molecular flexibility index (Phi) is 4.39. The van der Waals surface area contributed by atoms with Crippen LogP contribution in [-0.4, -0.2) is 10.9 Å². The maximum absolute atomic E-state index is 12.1. The summed E-state index contributed by atoms with van der Waals surface area (Å²) in [6.07, 6.45) is 0. The van der Waals surface area contributed by atoms with Gasteiger partial charge in [-0.1, -0.05) is 19.9 Å². The molecule has 0 fully saturated rings. The molecule has 1 heterocycles.